The van der Waals surface area contributed by atoms with E-state index in [0.29, 0.717) is 25.9 Å². The van der Waals surface area contributed by atoms with Crippen molar-refractivity contribution >= 4 is 12.2 Å². The van der Waals surface area contributed by atoms with Crippen LogP contribution in [0.5, 0.6) is 0 Å². The second-order valence-electron chi connectivity index (χ2n) is 4.61. The average Bonchev–Trinajstić information content (AvgIpc) is 2.57. The van der Waals surface area contributed by atoms with E-state index in [1.807, 2.05) is 36.4 Å². The lowest BCUT2D eigenvalue weighted by atomic mass is 10.3. The van der Waals surface area contributed by atoms with Crippen molar-refractivity contribution in [3.63, 3.8) is 0 Å². The molecule has 0 aliphatic carbocycles. The quantitative estimate of drug-likeness (QED) is 0.639. The van der Waals surface area contributed by atoms with Gasteiger partial charge in [-0.25, -0.2) is 9.59 Å². The number of amides is 2. The zero-order chi connectivity index (χ0) is 17.6. The van der Waals surface area contributed by atoms with Gasteiger partial charge in [0.2, 0.25) is 0 Å². The molecule has 128 valence electrons. The Labute approximate surface area is 139 Å². The van der Waals surface area contributed by atoms with Crippen molar-refractivity contribution in [2.24, 2.45) is 0 Å². The molecule has 0 spiro atoms. The number of nitrogens with zero attached hydrogens (tertiary/aromatic N) is 2. The Morgan fingerprint density at radius 1 is 0.792 bits per heavy atom. The normalized spacial score (nSPS) is 9.33. The second-order valence-corrected chi connectivity index (χ2v) is 4.61. The third kappa shape index (κ3) is 9.72. The summed E-state index contributed by atoms with van der Waals surface area (Å²) >= 11 is 0. The highest BCUT2D eigenvalue weighted by Crippen LogP contribution is 1.93. The van der Waals surface area contributed by atoms with E-state index in [4.69, 9.17) is 10.2 Å². The summed E-state index contributed by atoms with van der Waals surface area (Å²) in [4.78, 5) is 28.2. The van der Waals surface area contributed by atoms with E-state index in [-0.39, 0.29) is 0 Å². The van der Waals surface area contributed by atoms with Gasteiger partial charge in [0.05, 0.1) is 0 Å². The van der Waals surface area contributed by atoms with Crippen molar-refractivity contribution in [1.82, 2.24) is 20.6 Å². The van der Waals surface area contributed by atoms with E-state index in [1.165, 1.54) is 0 Å². The van der Waals surface area contributed by atoms with Crippen LogP contribution in [-0.4, -0.2) is 45.5 Å². The fourth-order valence-electron chi connectivity index (χ4n) is 1.69. The number of hydrogen-bond acceptors (Lipinski definition) is 4. The minimum absolute atomic E-state index is 0.409. The van der Waals surface area contributed by atoms with Gasteiger partial charge < -0.3 is 20.8 Å². The molecule has 2 amide bonds. The topological polar surface area (TPSA) is 124 Å². The molecule has 24 heavy (non-hydrogen) atoms. The maximum atomic E-state index is 10.1. The third-order valence-electron chi connectivity index (χ3n) is 2.77. The molecule has 0 radical (unpaired) electrons. The third-order valence-corrected chi connectivity index (χ3v) is 2.77. The maximum Gasteiger partial charge on any atom is 0.404 e. The zero-order valence-electron chi connectivity index (χ0n) is 13.1. The van der Waals surface area contributed by atoms with Gasteiger partial charge in [-0.1, -0.05) is 12.1 Å². The van der Waals surface area contributed by atoms with Crippen molar-refractivity contribution in [3.05, 3.63) is 60.2 Å². The molecular formula is C16H20N4O4. The summed E-state index contributed by atoms with van der Waals surface area (Å²) in [5.41, 5.74) is 1.79. The lowest BCUT2D eigenvalue weighted by Crippen LogP contribution is -2.23. The molecule has 2 rings (SSSR count). The van der Waals surface area contributed by atoms with Crippen LogP contribution in [0.25, 0.3) is 0 Å². The van der Waals surface area contributed by atoms with E-state index in [0.717, 1.165) is 11.4 Å². The molecule has 2 aromatic heterocycles. The van der Waals surface area contributed by atoms with Gasteiger partial charge in [-0.15, -0.1) is 0 Å². The molecule has 0 bridgehead atoms. The molecule has 2 aromatic rings. The highest BCUT2D eigenvalue weighted by atomic mass is 16.4. The average molecular weight is 332 g/mol. The van der Waals surface area contributed by atoms with Crippen LogP contribution in [0.2, 0.25) is 0 Å². The van der Waals surface area contributed by atoms with Crippen LogP contribution in [-0.2, 0) is 12.8 Å². The fourth-order valence-corrected chi connectivity index (χ4v) is 1.69. The summed E-state index contributed by atoms with van der Waals surface area (Å²) < 4.78 is 0. The van der Waals surface area contributed by atoms with Crippen molar-refractivity contribution in [1.29, 1.82) is 0 Å². The molecule has 0 aliphatic heterocycles. The fraction of sp³-hybridized carbons (Fsp3) is 0.250. The monoisotopic (exact) mass is 332 g/mol. The molecule has 2 heterocycles. The van der Waals surface area contributed by atoms with Crippen molar-refractivity contribution in [3.8, 4) is 0 Å². The minimum Gasteiger partial charge on any atom is -0.465 e. The highest BCUT2D eigenvalue weighted by molar-refractivity contribution is 5.64. The van der Waals surface area contributed by atoms with Crippen molar-refractivity contribution in [2.45, 2.75) is 12.8 Å². The van der Waals surface area contributed by atoms with Crippen LogP contribution in [0, 0.1) is 0 Å². The lowest BCUT2D eigenvalue weighted by molar-refractivity contribution is 0.193. The van der Waals surface area contributed by atoms with Gasteiger partial charge in [-0.2, -0.15) is 0 Å². The maximum absolute atomic E-state index is 10.1. The van der Waals surface area contributed by atoms with Gasteiger partial charge in [0.25, 0.3) is 0 Å². The standard InChI is InChI=1S/2C8H10N2O2/c2*11-8(12)10-6-4-7-3-1-2-5-9-7/h2*1-3,5,10H,4,6H2,(H,11,12). The Bertz CT molecular complexity index is 552. The number of aromatic nitrogens is 2. The van der Waals surface area contributed by atoms with Crippen molar-refractivity contribution < 1.29 is 19.8 Å². The Morgan fingerprint density at radius 3 is 1.50 bits per heavy atom. The second kappa shape index (κ2) is 11.4. The molecule has 0 aromatic carbocycles. The van der Waals surface area contributed by atoms with Crippen LogP contribution in [0.4, 0.5) is 9.59 Å². The van der Waals surface area contributed by atoms with Gasteiger partial charge in [-0.05, 0) is 24.3 Å². The van der Waals surface area contributed by atoms with Crippen LogP contribution in [0.15, 0.2) is 48.8 Å². The first-order valence-corrected chi connectivity index (χ1v) is 7.31. The SMILES string of the molecule is O=C(O)NCCc1ccccn1.O=C(O)NCCc1ccccn1. The van der Waals surface area contributed by atoms with Crippen molar-refractivity contribution in [2.75, 3.05) is 13.1 Å². The predicted molar refractivity (Wildman–Crippen MR) is 87.9 cm³/mol. The molecule has 0 fully saturated rings. The number of carboxylic acid groups (broad SMARTS) is 2. The number of rotatable bonds is 6. The molecule has 0 aliphatic rings. The molecule has 8 nitrogen and oxygen atoms in total. The van der Waals surface area contributed by atoms with E-state index < -0.39 is 12.2 Å². The first-order valence-electron chi connectivity index (χ1n) is 7.31. The van der Waals surface area contributed by atoms with Crippen LogP contribution >= 0.6 is 0 Å². The van der Waals surface area contributed by atoms with E-state index in [2.05, 4.69) is 20.6 Å². The molecule has 0 saturated carbocycles. The number of nitrogens with one attached hydrogen (secondary N) is 2. The molecule has 0 saturated heterocycles. The Morgan fingerprint density at radius 2 is 1.21 bits per heavy atom. The molecule has 0 atom stereocenters. The van der Waals surface area contributed by atoms with Crippen LogP contribution in [0.1, 0.15) is 11.4 Å². The summed E-state index contributed by atoms with van der Waals surface area (Å²) in [5, 5.41) is 21.1. The van der Waals surface area contributed by atoms with E-state index in [9.17, 15) is 9.59 Å². The largest absolute Gasteiger partial charge is 0.465 e. The van der Waals surface area contributed by atoms with Crippen LogP contribution in [0.3, 0.4) is 0 Å². The van der Waals surface area contributed by atoms with Gasteiger partial charge in [0.15, 0.2) is 0 Å². The van der Waals surface area contributed by atoms with Crippen LogP contribution < -0.4 is 10.6 Å². The lowest BCUT2D eigenvalue weighted by Gasteiger charge is -1.99. The number of hydrogen-bond donors (Lipinski definition) is 4. The van der Waals surface area contributed by atoms with Gasteiger partial charge in [-0.3, -0.25) is 9.97 Å². The first kappa shape index (κ1) is 18.9. The van der Waals surface area contributed by atoms with E-state index in [1.54, 1.807) is 12.4 Å². The Balaban J connectivity index is 0.000000240. The summed E-state index contributed by atoms with van der Waals surface area (Å²) in [6.07, 6.45) is 2.66. The van der Waals surface area contributed by atoms with Gasteiger partial charge in [0, 0.05) is 49.7 Å². The van der Waals surface area contributed by atoms with E-state index >= 15 is 0 Å². The Kier molecular flexibility index (Phi) is 8.98. The molecular weight excluding hydrogens is 312 g/mol. The predicted octanol–water partition coefficient (Wildman–Crippen LogP) is 1.78. The molecule has 0 unspecified atom stereocenters. The highest BCUT2D eigenvalue weighted by Gasteiger charge is 1.95. The Hall–Kier alpha value is -3.16. The molecule has 4 N–H and O–H groups in total. The van der Waals surface area contributed by atoms with Gasteiger partial charge >= 0.3 is 12.2 Å². The number of pyridine rings is 2. The summed E-state index contributed by atoms with van der Waals surface area (Å²) in [6, 6.07) is 11.1. The smallest absolute Gasteiger partial charge is 0.404 e. The summed E-state index contributed by atoms with van der Waals surface area (Å²) in [5.74, 6) is 0. The number of carbonyl (C=O) groups is 2. The first-order chi connectivity index (χ1) is 11.6. The zero-order valence-corrected chi connectivity index (χ0v) is 13.1. The summed E-state index contributed by atoms with van der Waals surface area (Å²) in [6.45, 7) is 0.818. The minimum atomic E-state index is -0.995. The van der Waals surface area contributed by atoms with Gasteiger partial charge in [0.1, 0.15) is 0 Å². The molecule has 8 heteroatoms. The summed E-state index contributed by atoms with van der Waals surface area (Å²) in [7, 11) is 0.